The predicted octanol–water partition coefficient (Wildman–Crippen LogP) is 2.90. The normalized spacial score (nSPS) is 16.7. The van der Waals surface area contributed by atoms with Gasteiger partial charge in [0.05, 0.1) is 12.3 Å². The van der Waals surface area contributed by atoms with Crippen LogP contribution in [0.3, 0.4) is 0 Å². The molecule has 0 unspecified atom stereocenters. The highest BCUT2D eigenvalue weighted by atomic mass is 16.4. The lowest BCUT2D eigenvalue weighted by molar-refractivity contribution is 0.495. The van der Waals surface area contributed by atoms with Crippen LogP contribution in [0.15, 0.2) is 40.9 Å². The molecule has 3 nitrogen and oxygen atoms in total. The van der Waals surface area contributed by atoms with E-state index in [-0.39, 0.29) is 5.41 Å². The van der Waals surface area contributed by atoms with Gasteiger partial charge in [0.1, 0.15) is 11.2 Å². The van der Waals surface area contributed by atoms with Crippen molar-refractivity contribution in [1.29, 1.82) is 5.26 Å². The summed E-state index contributed by atoms with van der Waals surface area (Å²) in [5, 5.41) is 9.05. The lowest BCUT2D eigenvalue weighted by Gasteiger charge is -1.98. The van der Waals surface area contributed by atoms with Crippen molar-refractivity contribution in [1.82, 2.24) is 4.98 Å². The van der Waals surface area contributed by atoms with Gasteiger partial charge in [0.15, 0.2) is 0 Å². The van der Waals surface area contributed by atoms with Crippen molar-refractivity contribution in [2.75, 3.05) is 0 Å². The molecule has 3 heteroatoms. The van der Waals surface area contributed by atoms with Crippen molar-refractivity contribution in [2.45, 2.75) is 18.3 Å². The molecule has 3 rings (SSSR count). The Morgan fingerprint density at radius 3 is 2.62 bits per heavy atom. The summed E-state index contributed by atoms with van der Waals surface area (Å²) in [4.78, 5) is 4.22. The molecule has 0 N–H and O–H groups in total. The van der Waals surface area contributed by atoms with Gasteiger partial charge in [0.25, 0.3) is 0 Å². The Hall–Kier alpha value is -2.08. The van der Waals surface area contributed by atoms with E-state index in [4.69, 9.17) is 9.68 Å². The van der Waals surface area contributed by atoms with Gasteiger partial charge in [-0.05, 0) is 25.0 Å². The molecule has 1 heterocycles. The minimum absolute atomic E-state index is 0.389. The van der Waals surface area contributed by atoms with Gasteiger partial charge in [-0.1, -0.05) is 18.2 Å². The Morgan fingerprint density at radius 1 is 1.25 bits per heavy atom. The molecule has 0 aliphatic heterocycles. The second kappa shape index (κ2) is 3.21. The van der Waals surface area contributed by atoms with E-state index in [1.165, 1.54) is 0 Å². The summed E-state index contributed by atoms with van der Waals surface area (Å²) in [7, 11) is 0. The molecular weight excluding hydrogens is 200 g/mol. The standard InChI is InChI=1S/C13H10N2O/c14-9-13(6-7-13)11-8-15-12(16-11)10-4-2-1-3-5-10/h1-5,8H,6-7H2. The van der Waals surface area contributed by atoms with Gasteiger partial charge in [0, 0.05) is 5.56 Å². The highest BCUT2D eigenvalue weighted by Gasteiger charge is 2.48. The molecule has 16 heavy (non-hydrogen) atoms. The fourth-order valence-electron chi connectivity index (χ4n) is 1.75. The van der Waals surface area contributed by atoms with Gasteiger partial charge < -0.3 is 4.42 Å². The van der Waals surface area contributed by atoms with Crippen molar-refractivity contribution in [2.24, 2.45) is 0 Å². The first-order valence-electron chi connectivity index (χ1n) is 5.27. The Bertz CT molecular complexity index is 547. The first-order valence-corrected chi connectivity index (χ1v) is 5.27. The number of hydrogen-bond donors (Lipinski definition) is 0. The molecule has 0 spiro atoms. The summed E-state index contributed by atoms with van der Waals surface area (Å²) in [6, 6.07) is 12.0. The molecule has 0 radical (unpaired) electrons. The zero-order valence-corrected chi connectivity index (χ0v) is 8.68. The van der Waals surface area contributed by atoms with Crippen LogP contribution in [-0.2, 0) is 5.41 Å². The van der Waals surface area contributed by atoms with Crippen LogP contribution in [0.2, 0.25) is 0 Å². The minimum Gasteiger partial charge on any atom is -0.439 e. The van der Waals surface area contributed by atoms with Crippen LogP contribution in [0.25, 0.3) is 11.5 Å². The van der Waals surface area contributed by atoms with Crippen LogP contribution in [-0.4, -0.2) is 4.98 Å². The molecule has 1 saturated carbocycles. The summed E-state index contributed by atoms with van der Waals surface area (Å²) >= 11 is 0. The Morgan fingerprint density at radius 2 is 2.00 bits per heavy atom. The highest BCUT2D eigenvalue weighted by Crippen LogP contribution is 2.48. The maximum atomic E-state index is 9.05. The number of hydrogen-bond acceptors (Lipinski definition) is 3. The molecule has 1 fully saturated rings. The number of oxazole rings is 1. The summed E-state index contributed by atoms with van der Waals surface area (Å²) in [5.41, 5.74) is 0.558. The SMILES string of the molecule is N#CC1(c2cnc(-c3ccccc3)o2)CC1. The number of aromatic nitrogens is 1. The van der Waals surface area contributed by atoms with Gasteiger partial charge in [-0.2, -0.15) is 5.26 Å². The summed E-state index contributed by atoms with van der Waals surface area (Å²) in [6.45, 7) is 0. The Kier molecular flexibility index (Phi) is 1.84. The van der Waals surface area contributed by atoms with Crippen molar-refractivity contribution < 1.29 is 4.42 Å². The third kappa shape index (κ3) is 1.31. The summed E-state index contributed by atoms with van der Waals surface area (Å²) in [5.74, 6) is 1.30. The highest BCUT2D eigenvalue weighted by molar-refractivity contribution is 5.53. The van der Waals surface area contributed by atoms with E-state index in [1.807, 2.05) is 30.3 Å². The summed E-state index contributed by atoms with van der Waals surface area (Å²) < 4.78 is 5.65. The maximum absolute atomic E-state index is 9.05. The first-order chi connectivity index (χ1) is 7.84. The first kappa shape index (κ1) is 9.17. The van der Waals surface area contributed by atoms with Crippen molar-refractivity contribution in [3.8, 4) is 17.5 Å². The van der Waals surface area contributed by atoms with Crippen LogP contribution in [0.4, 0.5) is 0 Å². The van der Waals surface area contributed by atoms with Crippen LogP contribution < -0.4 is 0 Å². The molecule has 1 aromatic heterocycles. The second-order valence-corrected chi connectivity index (χ2v) is 4.09. The molecule has 78 valence electrons. The number of rotatable bonds is 2. The van der Waals surface area contributed by atoms with E-state index in [9.17, 15) is 0 Å². The molecule has 0 amide bonds. The number of nitriles is 1. The van der Waals surface area contributed by atoms with E-state index in [1.54, 1.807) is 6.20 Å². The van der Waals surface area contributed by atoms with Crippen molar-refractivity contribution in [3.05, 3.63) is 42.3 Å². The molecular formula is C13H10N2O. The van der Waals surface area contributed by atoms with E-state index in [0.29, 0.717) is 11.7 Å². The summed E-state index contributed by atoms with van der Waals surface area (Å²) in [6.07, 6.45) is 3.44. The lowest BCUT2D eigenvalue weighted by atomic mass is 10.1. The molecule has 0 saturated heterocycles. The van der Waals surface area contributed by atoms with Crippen molar-refractivity contribution in [3.63, 3.8) is 0 Å². The number of benzene rings is 1. The predicted molar refractivity (Wildman–Crippen MR) is 58.5 cm³/mol. The molecule has 1 aromatic carbocycles. The maximum Gasteiger partial charge on any atom is 0.226 e. The van der Waals surface area contributed by atoms with Gasteiger partial charge >= 0.3 is 0 Å². The molecule has 1 aliphatic carbocycles. The quantitative estimate of drug-likeness (QED) is 0.765. The Labute approximate surface area is 93.3 Å². The molecule has 0 atom stereocenters. The average Bonchev–Trinajstić information content (AvgIpc) is 3.00. The van der Waals surface area contributed by atoms with Crippen LogP contribution in [0.1, 0.15) is 18.6 Å². The van der Waals surface area contributed by atoms with Gasteiger partial charge in [-0.15, -0.1) is 0 Å². The smallest absolute Gasteiger partial charge is 0.226 e. The third-order valence-electron chi connectivity index (χ3n) is 2.96. The van der Waals surface area contributed by atoms with Gasteiger partial charge in [-0.25, -0.2) is 4.98 Å². The average molecular weight is 210 g/mol. The third-order valence-corrected chi connectivity index (χ3v) is 2.96. The van der Waals surface area contributed by atoms with Gasteiger partial charge in [0.2, 0.25) is 5.89 Å². The van der Waals surface area contributed by atoms with E-state index >= 15 is 0 Å². The van der Waals surface area contributed by atoms with E-state index < -0.39 is 0 Å². The number of nitrogens with zero attached hydrogens (tertiary/aromatic N) is 2. The van der Waals surface area contributed by atoms with Crippen LogP contribution >= 0.6 is 0 Å². The topological polar surface area (TPSA) is 49.8 Å². The Balaban J connectivity index is 1.98. The fourth-order valence-corrected chi connectivity index (χ4v) is 1.75. The van der Waals surface area contributed by atoms with E-state index in [2.05, 4.69) is 11.1 Å². The van der Waals surface area contributed by atoms with Crippen LogP contribution in [0.5, 0.6) is 0 Å². The largest absolute Gasteiger partial charge is 0.439 e. The lowest BCUT2D eigenvalue weighted by Crippen LogP contribution is -1.99. The van der Waals surface area contributed by atoms with Gasteiger partial charge in [-0.3, -0.25) is 0 Å². The zero-order chi connectivity index (χ0) is 11.0. The molecule has 2 aromatic rings. The van der Waals surface area contributed by atoms with Crippen LogP contribution in [0, 0.1) is 11.3 Å². The second-order valence-electron chi connectivity index (χ2n) is 4.09. The fraction of sp³-hybridized carbons (Fsp3) is 0.231. The molecule has 0 bridgehead atoms. The molecule has 1 aliphatic rings. The monoisotopic (exact) mass is 210 g/mol. The minimum atomic E-state index is -0.389. The van der Waals surface area contributed by atoms with Crippen molar-refractivity contribution >= 4 is 0 Å². The zero-order valence-electron chi connectivity index (χ0n) is 8.68. The van der Waals surface area contributed by atoms with E-state index in [0.717, 1.165) is 18.4 Å².